The van der Waals surface area contributed by atoms with Gasteiger partial charge >= 0.3 is 5.97 Å². The number of rotatable bonds is 9. The number of hydrogen-bond donors (Lipinski definition) is 2. The van der Waals surface area contributed by atoms with Crippen molar-refractivity contribution in [3.05, 3.63) is 66.4 Å². The zero-order valence-corrected chi connectivity index (χ0v) is 28.9. The van der Waals surface area contributed by atoms with Crippen LogP contribution in [0, 0.1) is 11.8 Å². The molecular weight excluding hydrogens is 608 g/mol. The molecule has 1 saturated heterocycles. The lowest BCUT2D eigenvalue weighted by atomic mass is 9.87. The number of aromatic nitrogens is 3. The maximum absolute atomic E-state index is 13.4. The van der Waals surface area contributed by atoms with E-state index in [4.69, 9.17) is 14.5 Å². The van der Waals surface area contributed by atoms with Crippen molar-refractivity contribution < 1.29 is 19.1 Å². The zero-order valence-electron chi connectivity index (χ0n) is 28.9. The second-order valence-electron chi connectivity index (χ2n) is 12.8. The van der Waals surface area contributed by atoms with Gasteiger partial charge in [-0.3, -0.25) is 4.79 Å². The molecule has 2 N–H and O–H groups in total. The molecule has 0 aliphatic carbocycles. The van der Waals surface area contributed by atoms with Crippen LogP contribution in [0.5, 0.6) is 5.75 Å². The number of piperazine rings is 1. The predicted octanol–water partition coefficient (Wildman–Crippen LogP) is 4.95. The van der Waals surface area contributed by atoms with Crippen molar-refractivity contribution in [2.45, 2.75) is 65.3 Å². The van der Waals surface area contributed by atoms with Crippen LogP contribution in [0.25, 0.3) is 0 Å². The Morgan fingerprint density at radius 1 is 1.17 bits per heavy atom. The van der Waals surface area contributed by atoms with Crippen molar-refractivity contribution >= 4 is 40.4 Å². The largest absolute Gasteiger partial charge is 0.495 e. The topological polar surface area (TPSA) is 125 Å². The zero-order chi connectivity index (χ0) is 34.7. The molecule has 0 bridgehead atoms. The number of carbonyl (C=O) groups is 2. The van der Waals surface area contributed by atoms with Crippen molar-refractivity contribution in [3.8, 4) is 17.6 Å². The molecule has 2 aliphatic heterocycles. The van der Waals surface area contributed by atoms with Crippen LogP contribution in [-0.2, 0) is 14.9 Å². The lowest BCUT2D eigenvalue weighted by Crippen LogP contribution is -2.50. The molecule has 3 aromatic rings. The van der Waals surface area contributed by atoms with Gasteiger partial charge in [0.05, 0.1) is 41.7 Å². The van der Waals surface area contributed by atoms with Gasteiger partial charge in [-0.05, 0) is 64.9 Å². The Kier molecular flexibility index (Phi) is 9.91. The van der Waals surface area contributed by atoms with Gasteiger partial charge in [-0.2, -0.15) is 0 Å². The number of hydrogen-bond acceptors (Lipinski definition) is 11. The van der Waals surface area contributed by atoms with Crippen molar-refractivity contribution in [2.75, 3.05) is 54.2 Å². The molecule has 0 radical (unpaired) electrons. The van der Waals surface area contributed by atoms with E-state index in [0.717, 1.165) is 36.7 Å². The first-order valence-corrected chi connectivity index (χ1v) is 16.0. The maximum atomic E-state index is 13.4. The number of likely N-dealkylation sites (N-methyl/N-ethyl adjacent to an activating group) is 1. The van der Waals surface area contributed by atoms with Gasteiger partial charge < -0.3 is 34.8 Å². The minimum Gasteiger partial charge on any atom is -0.495 e. The number of amides is 1. The number of ether oxygens (including phenoxy) is 2. The number of esters is 1. The number of benzene rings is 1. The van der Waals surface area contributed by atoms with Crippen LogP contribution in [0.2, 0.25) is 0 Å². The van der Waals surface area contributed by atoms with Crippen LogP contribution in [0.3, 0.4) is 0 Å². The summed E-state index contributed by atoms with van der Waals surface area (Å²) < 4.78 is 11.6. The van der Waals surface area contributed by atoms with Crippen LogP contribution in [0.15, 0.2) is 49.4 Å². The first kappa shape index (κ1) is 34.2. The van der Waals surface area contributed by atoms with Gasteiger partial charge in [-0.25, -0.2) is 19.7 Å². The smallest absolute Gasteiger partial charge is 0.343 e. The minimum absolute atomic E-state index is 0.213. The molecule has 0 spiro atoms. The van der Waals surface area contributed by atoms with E-state index < -0.39 is 17.6 Å². The fourth-order valence-electron chi connectivity index (χ4n) is 6.14. The monoisotopic (exact) mass is 652 g/mol. The fraction of sp³-hybridized carbons (Fsp3) is 0.417. The van der Waals surface area contributed by atoms with E-state index in [1.165, 1.54) is 18.6 Å². The number of pyridine rings is 1. The van der Waals surface area contributed by atoms with E-state index in [1.54, 1.807) is 27.9 Å². The average Bonchev–Trinajstić information content (AvgIpc) is 3.27. The summed E-state index contributed by atoms with van der Waals surface area (Å²) in [5.74, 6) is 6.06. The number of carbonyl (C=O) groups excluding carboxylic acids is 2. The highest BCUT2D eigenvalue weighted by Crippen LogP contribution is 2.49. The molecule has 48 heavy (non-hydrogen) atoms. The summed E-state index contributed by atoms with van der Waals surface area (Å²) in [5.41, 5.74) is 3.77. The first-order chi connectivity index (χ1) is 22.9. The van der Waals surface area contributed by atoms with Gasteiger partial charge in [-0.15, -0.1) is 0 Å². The summed E-state index contributed by atoms with van der Waals surface area (Å²) in [5, 5.41) is 6.70. The van der Waals surface area contributed by atoms with Gasteiger partial charge in [0.1, 0.15) is 29.5 Å². The lowest BCUT2D eigenvalue weighted by molar-refractivity contribution is -0.111. The van der Waals surface area contributed by atoms with Crippen molar-refractivity contribution in [1.29, 1.82) is 0 Å². The van der Waals surface area contributed by atoms with Crippen molar-refractivity contribution in [3.63, 3.8) is 0 Å². The maximum Gasteiger partial charge on any atom is 0.343 e. The van der Waals surface area contributed by atoms with Crippen LogP contribution in [0.4, 0.5) is 28.6 Å². The minimum atomic E-state index is -0.661. The Balaban J connectivity index is 1.67. The van der Waals surface area contributed by atoms with E-state index in [-0.39, 0.29) is 17.6 Å². The molecule has 4 heterocycles. The molecule has 2 aromatic heterocycles. The van der Waals surface area contributed by atoms with Gasteiger partial charge in [0.25, 0.3) is 0 Å². The quantitative estimate of drug-likeness (QED) is 0.185. The van der Waals surface area contributed by atoms with Crippen molar-refractivity contribution in [2.24, 2.45) is 0 Å². The second kappa shape index (κ2) is 13.9. The van der Waals surface area contributed by atoms with Crippen LogP contribution in [-0.4, -0.2) is 83.8 Å². The summed E-state index contributed by atoms with van der Waals surface area (Å²) in [6, 6.07) is 7.93. The summed E-state index contributed by atoms with van der Waals surface area (Å²) >= 11 is 0. The highest BCUT2D eigenvalue weighted by atomic mass is 16.5. The number of fused-ring (bicyclic) bond motifs is 1. The predicted molar refractivity (Wildman–Crippen MR) is 188 cm³/mol. The molecule has 1 amide bonds. The summed E-state index contributed by atoms with van der Waals surface area (Å²) in [6.45, 7) is 17.8. The molecule has 12 nitrogen and oxygen atoms in total. The Morgan fingerprint density at radius 2 is 1.94 bits per heavy atom. The highest BCUT2D eigenvalue weighted by Gasteiger charge is 2.49. The Hall–Kier alpha value is -5.15. The molecule has 12 heteroatoms. The summed E-state index contributed by atoms with van der Waals surface area (Å²) in [4.78, 5) is 46.3. The van der Waals surface area contributed by atoms with Crippen LogP contribution in [0.1, 0.15) is 63.3 Å². The fourth-order valence-corrected chi connectivity index (χ4v) is 6.14. The number of nitrogens with zero attached hydrogens (tertiary/aromatic N) is 6. The molecule has 2 atom stereocenters. The summed E-state index contributed by atoms with van der Waals surface area (Å²) in [6.07, 6.45) is 3.24. The molecule has 1 aromatic carbocycles. The van der Waals surface area contributed by atoms with E-state index >= 15 is 0 Å². The average molecular weight is 653 g/mol. The van der Waals surface area contributed by atoms with Gasteiger partial charge in [0.2, 0.25) is 5.91 Å². The molecule has 5 rings (SSSR count). The van der Waals surface area contributed by atoms with Gasteiger partial charge in [0.15, 0.2) is 5.82 Å². The Morgan fingerprint density at radius 3 is 2.60 bits per heavy atom. The molecule has 0 saturated carbocycles. The number of nitrogens with one attached hydrogen (secondary N) is 2. The van der Waals surface area contributed by atoms with E-state index in [9.17, 15) is 9.59 Å². The molecule has 1 fully saturated rings. The second-order valence-corrected chi connectivity index (χ2v) is 12.8. The molecule has 252 valence electrons. The Labute approximate surface area is 282 Å². The Bertz CT molecular complexity index is 1780. The van der Waals surface area contributed by atoms with E-state index in [1.807, 2.05) is 29.2 Å². The first-order valence-electron chi connectivity index (χ1n) is 16.0. The SMILES string of the molecule is C=CC(=O)Nc1cc(NC2N(c3ncncc3C(=O)OC(C)C)c3ccc(C#CC)nc3C2(C)C)c(OC)cc1N1CCN(C)C(C)C1. The van der Waals surface area contributed by atoms with Crippen molar-refractivity contribution in [1.82, 2.24) is 19.9 Å². The van der Waals surface area contributed by atoms with Gasteiger partial charge in [-0.1, -0.05) is 26.3 Å². The third kappa shape index (κ3) is 6.64. The standard InChI is InChI=1S/C36H44N8O4/c1-10-12-24-13-14-28-32(39-24)36(6,7)35(44(28)33-25(19-37-21-38-33)34(46)48-22(3)4)41-27-17-26(40-31(45)11-2)29(18-30(27)47-9)43-16-15-42(8)23(5)20-43/h11,13-14,17-19,21-23,35,41H,2,15-16,20H2,1,3-9H3,(H,40,45). The van der Waals surface area contributed by atoms with Crippen LogP contribution < -0.4 is 25.2 Å². The third-order valence-electron chi connectivity index (χ3n) is 8.77. The normalized spacial score (nSPS) is 18.4. The number of methoxy groups -OCH3 is 1. The molecular formula is C36H44N8O4. The third-order valence-corrected chi connectivity index (χ3v) is 8.77. The lowest BCUT2D eigenvalue weighted by Gasteiger charge is -2.40. The summed E-state index contributed by atoms with van der Waals surface area (Å²) in [7, 11) is 3.73. The number of anilines is 5. The van der Waals surface area contributed by atoms with Crippen LogP contribution >= 0.6 is 0 Å². The molecule has 2 unspecified atom stereocenters. The highest BCUT2D eigenvalue weighted by molar-refractivity contribution is 6.02. The van der Waals surface area contributed by atoms with Gasteiger partial charge in [0, 0.05) is 43.4 Å². The molecule has 2 aliphatic rings. The van der Waals surface area contributed by atoms with E-state index in [2.05, 4.69) is 76.6 Å². The van der Waals surface area contributed by atoms with E-state index in [0.29, 0.717) is 34.7 Å².